The normalized spacial score (nSPS) is 11.2. The fraction of sp³-hybridized carbons (Fsp3) is 0. The summed E-state index contributed by atoms with van der Waals surface area (Å²) in [5.41, 5.74) is 13.6. The van der Waals surface area contributed by atoms with Crippen LogP contribution >= 0.6 is 0 Å². The summed E-state index contributed by atoms with van der Waals surface area (Å²) in [6, 6.07) is 130. The van der Waals surface area contributed by atoms with Gasteiger partial charge in [-0.15, -0.1) is 0 Å². The standard InChI is InChI=1S/2C42H30N2/c2*1-3-19-33(20-4-1)43(39-27-11-17-31-15-7-9-23-35(31)39)41-29-13-26-38-37(41)25-14-30-42(38)44(34-21-5-2-6-22-34)40-28-12-18-32-16-8-10-24-36(32)40/h2*1-30H. The predicted octanol–water partition coefficient (Wildman–Crippen LogP) is 24.2. The van der Waals surface area contributed by atoms with Crippen LogP contribution in [0.4, 0.5) is 68.2 Å². The third-order valence-corrected chi connectivity index (χ3v) is 16.8. The lowest BCUT2D eigenvalue weighted by atomic mass is 10.0. The van der Waals surface area contributed by atoms with Gasteiger partial charge in [0.2, 0.25) is 0 Å². The molecule has 0 atom stereocenters. The van der Waals surface area contributed by atoms with Crippen LogP contribution < -0.4 is 19.6 Å². The van der Waals surface area contributed by atoms with E-state index in [4.69, 9.17) is 0 Å². The van der Waals surface area contributed by atoms with Crippen LogP contribution in [0.25, 0.3) is 64.6 Å². The van der Waals surface area contributed by atoms with E-state index in [0.29, 0.717) is 0 Å². The smallest absolute Gasteiger partial charge is 0.0541 e. The Balaban J connectivity index is 0.000000148. The lowest BCUT2D eigenvalue weighted by molar-refractivity contribution is 1.30. The maximum absolute atomic E-state index is 2.40. The summed E-state index contributed by atoms with van der Waals surface area (Å²) in [6.45, 7) is 0. The van der Waals surface area contributed by atoms with Gasteiger partial charge in [-0.2, -0.15) is 0 Å². The molecule has 416 valence electrons. The summed E-state index contributed by atoms with van der Waals surface area (Å²) in [6.07, 6.45) is 0. The molecule has 0 aliphatic carbocycles. The van der Waals surface area contributed by atoms with Gasteiger partial charge in [-0.05, 0) is 119 Å². The molecule has 0 radical (unpaired) electrons. The second-order valence-corrected chi connectivity index (χ2v) is 22.0. The molecule has 0 saturated heterocycles. The van der Waals surface area contributed by atoms with Gasteiger partial charge in [0.1, 0.15) is 0 Å². The molecule has 0 bridgehead atoms. The van der Waals surface area contributed by atoms with Crippen molar-refractivity contribution < 1.29 is 0 Å². The van der Waals surface area contributed by atoms with Crippen LogP contribution in [-0.2, 0) is 0 Å². The lowest BCUT2D eigenvalue weighted by Gasteiger charge is -2.30. The zero-order valence-corrected chi connectivity index (χ0v) is 48.4. The third kappa shape index (κ3) is 9.94. The van der Waals surface area contributed by atoms with Crippen molar-refractivity contribution in [3.8, 4) is 0 Å². The van der Waals surface area contributed by atoms with E-state index < -0.39 is 0 Å². The molecule has 0 spiro atoms. The number of para-hydroxylation sites is 4. The second kappa shape index (κ2) is 23.7. The summed E-state index contributed by atoms with van der Waals surface area (Å²) in [4.78, 5) is 9.61. The average Bonchev–Trinajstić information content (AvgIpc) is 1.01. The van der Waals surface area contributed by atoms with Crippen molar-refractivity contribution in [2.75, 3.05) is 19.6 Å². The van der Waals surface area contributed by atoms with Gasteiger partial charge in [0, 0.05) is 65.8 Å². The molecule has 4 heteroatoms. The van der Waals surface area contributed by atoms with Gasteiger partial charge in [0.15, 0.2) is 0 Å². The van der Waals surface area contributed by atoms with Crippen molar-refractivity contribution >= 4 is 133 Å². The number of hydrogen-bond donors (Lipinski definition) is 0. The Labute approximate surface area is 513 Å². The number of nitrogens with zero attached hydrogens (tertiary/aromatic N) is 4. The fourth-order valence-corrected chi connectivity index (χ4v) is 12.9. The van der Waals surface area contributed by atoms with Crippen LogP contribution in [0.3, 0.4) is 0 Å². The largest absolute Gasteiger partial charge is 0.309 e. The summed E-state index contributed by atoms with van der Waals surface area (Å²) in [5, 5.41) is 14.5. The molecule has 0 fully saturated rings. The number of anilines is 12. The first-order chi connectivity index (χ1) is 43.7. The molecule has 0 aliphatic heterocycles. The van der Waals surface area contributed by atoms with E-state index in [-0.39, 0.29) is 0 Å². The van der Waals surface area contributed by atoms with E-state index in [0.717, 1.165) is 68.2 Å². The molecule has 0 heterocycles. The molecule has 16 aromatic rings. The van der Waals surface area contributed by atoms with E-state index >= 15 is 0 Å². The molecule has 4 nitrogen and oxygen atoms in total. The highest BCUT2D eigenvalue weighted by Gasteiger charge is 2.24. The highest BCUT2D eigenvalue weighted by atomic mass is 15.2. The average molecular weight is 1130 g/mol. The van der Waals surface area contributed by atoms with E-state index in [1.54, 1.807) is 0 Å². The lowest BCUT2D eigenvalue weighted by Crippen LogP contribution is -2.13. The van der Waals surface area contributed by atoms with Crippen LogP contribution in [0.15, 0.2) is 364 Å². The first-order valence-electron chi connectivity index (χ1n) is 30.1. The molecule has 0 aliphatic rings. The molecular formula is C84H60N4. The minimum atomic E-state index is 1.12. The highest BCUT2D eigenvalue weighted by Crippen LogP contribution is 2.49. The van der Waals surface area contributed by atoms with Crippen molar-refractivity contribution in [2.24, 2.45) is 0 Å². The Kier molecular flexibility index (Phi) is 14.3. The second-order valence-electron chi connectivity index (χ2n) is 22.0. The van der Waals surface area contributed by atoms with E-state index in [1.807, 2.05) is 0 Å². The molecule has 16 rings (SSSR count). The van der Waals surface area contributed by atoms with Gasteiger partial charge in [-0.3, -0.25) is 0 Å². The van der Waals surface area contributed by atoms with Gasteiger partial charge in [-0.1, -0.05) is 267 Å². The minimum Gasteiger partial charge on any atom is -0.309 e. The highest BCUT2D eigenvalue weighted by molar-refractivity contribution is 6.13. The van der Waals surface area contributed by atoms with Gasteiger partial charge in [0.25, 0.3) is 0 Å². The summed E-state index contributed by atoms with van der Waals surface area (Å²) >= 11 is 0. The fourth-order valence-electron chi connectivity index (χ4n) is 12.9. The van der Waals surface area contributed by atoms with Crippen LogP contribution in [0, 0.1) is 0 Å². The van der Waals surface area contributed by atoms with E-state index in [1.165, 1.54) is 64.6 Å². The number of rotatable bonds is 12. The van der Waals surface area contributed by atoms with Gasteiger partial charge in [-0.25, -0.2) is 0 Å². The van der Waals surface area contributed by atoms with Crippen molar-refractivity contribution in [2.45, 2.75) is 0 Å². The Morgan fingerprint density at radius 1 is 0.114 bits per heavy atom. The van der Waals surface area contributed by atoms with Crippen LogP contribution in [0.5, 0.6) is 0 Å². The van der Waals surface area contributed by atoms with Crippen molar-refractivity contribution in [1.82, 2.24) is 0 Å². The summed E-state index contributed by atoms with van der Waals surface area (Å²) < 4.78 is 0. The first-order valence-corrected chi connectivity index (χ1v) is 30.1. The Hall–Kier alpha value is -11.7. The molecule has 0 saturated carbocycles. The number of benzene rings is 16. The number of hydrogen-bond acceptors (Lipinski definition) is 4. The maximum atomic E-state index is 2.40. The van der Waals surface area contributed by atoms with Crippen molar-refractivity contribution in [3.63, 3.8) is 0 Å². The molecule has 0 aromatic heterocycles. The van der Waals surface area contributed by atoms with E-state index in [2.05, 4.69) is 384 Å². The predicted molar refractivity (Wildman–Crippen MR) is 377 cm³/mol. The first kappa shape index (κ1) is 53.0. The van der Waals surface area contributed by atoms with Crippen LogP contribution in [-0.4, -0.2) is 0 Å². The van der Waals surface area contributed by atoms with E-state index in [9.17, 15) is 0 Å². The molecule has 0 amide bonds. The summed E-state index contributed by atoms with van der Waals surface area (Å²) in [7, 11) is 0. The SMILES string of the molecule is c1ccc(N(c2cccc3ccccc23)c2cccc3c(N(c4ccccc4)c4cccc5ccccc45)cccc23)cc1.c1ccc(N(c2cccc3ccccc23)c2cccc3c(N(c4ccccc4)c4cccc5ccccc45)cccc23)cc1. The molecule has 0 unspecified atom stereocenters. The maximum Gasteiger partial charge on any atom is 0.0541 e. The molecule has 88 heavy (non-hydrogen) atoms. The van der Waals surface area contributed by atoms with Gasteiger partial charge >= 0.3 is 0 Å². The van der Waals surface area contributed by atoms with Crippen LogP contribution in [0.1, 0.15) is 0 Å². The van der Waals surface area contributed by atoms with Gasteiger partial charge < -0.3 is 19.6 Å². The summed E-state index contributed by atoms with van der Waals surface area (Å²) in [5.74, 6) is 0. The number of fused-ring (bicyclic) bond motifs is 6. The van der Waals surface area contributed by atoms with Gasteiger partial charge in [0.05, 0.1) is 45.5 Å². The Morgan fingerprint density at radius 3 is 0.477 bits per heavy atom. The van der Waals surface area contributed by atoms with Crippen LogP contribution in [0.2, 0.25) is 0 Å². The molecular weight excluding hydrogens is 1060 g/mol. The third-order valence-electron chi connectivity index (χ3n) is 16.8. The van der Waals surface area contributed by atoms with Crippen molar-refractivity contribution in [3.05, 3.63) is 364 Å². The zero-order valence-electron chi connectivity index (χ0n) is 48.4. The quantitative estimate of drug-likeness (QED) is 0.121. The minimum absolute atomic E-state index is 1.12. The zero-order chi connectivity index (χ0) is 58.6. The van der Waals surface area contributed by atoms with Crippen molar-refractivity contribution in [1.29, 1.82) is 0 Å². The topological polar surface area (TPSA) is 13.0 Å². The molecule has 16 aromatic carbocycles. The Bertz CT molecular complexity index is 4460. The Morgan fingerprint density at radius 2 is 0.261 bits per heavy atom. The monoisotopic (exact) mass is 1120 g/mol. The molecule has 0 N–H and O–H groups in total.